The van der Waals surface area contributed by atoms with Gasteiger partial charge in [-0.1, -0.05) is 69.3 Å². The minimum absolute atomic E-state index is 0.0430. The van der Waals surface area contributed by atoms with Gasteiger partial charge in [0, 0.05) is 31.6 Å². The Labute approximate surface area is 318 Å². The van der Waals surface area contributed by atoms with Gasteiger partial charge in [0.1, 0.15) is 30.0 Å². The molecule has 0 unspecified atom stereocenters. The second-order valence-electron chi connectivity index (χ2n) is 15.8. The average Bonchev–Trinajstić information content (AvgIpc) is 3.15. The van der Waals surface area contributed by atoms with Crippen molar-refractivity contribution in [1.82, 2.24) is 5.32 Å². The highest BCUT2D eigenvalue weighted by Crippen LogP contribution is 2.64. The predicted octanol–water partition coefficient (Wildman–Crippen LogP) is 2.26. The van der Waals surface area contributed by atoms with Crippen LogP contribution in [-0.2, 0) is 38.1 Å². The average molecular weight is 764 g/mol. The van der Waals surface area contributed by atoms with Crippen molar-refractivity contribution in [2.45, 2.75) is 115 Å². The lowest BCUT2D eigenvalue weighted by atomic mass is 9.44. The van der Waals surface area contributed by atoms with Gasteiger partial charge in [-0.3, -0.25) is 14.4 Å². The van der Waals surface area contributed by atoms with E-state index in [0.717, 1.165) is 6.92 Å². The highest BCUT2D eigenvalue weighted by molar-refractivity contribution is 5.94. The molecule has 6 rings (SSSR count). The molecule has 55 heavy (non-hydrogen) atoms. The molecule has 14 nitrogen and oxygen atoms in total. The molecule has 0 spiro atoms. The van der Waals surface area contributed by atoms with Crippen LogP contribution in [0.15, 0.2) is 71.8 Å². The highest BCUT2D eigenvalue weighted by Gasteiger charge is 2.78. The highest BCUT2D eigenvalue weighted by atomic mass is 16.6. The minimum atomic E-state index is -2.32. The summed E-state index contributed by atoms with van der Waals surface area (Å²) in [6, 6.07) is 15.0. The van der Waals surface area contributed by atoms with E-state index < -0.39 is 107 Å². The number of Topliss-reactive ketones (excluding diaryl/α,β-unsaturated/α-hetero) is 1. The summed E-state index contributed by atoms with van der Waals surface area (Å²) in [6.45, 7) is 8.52. The molecule has 4 aliphatic rings. The number of aliphatic hydroxyl groups is 4. The quantitative estimate of drug-likeness (QED) is 0.141. The van der Waals surface area contributed by atoms with Gasteiger partial charge in [-0.25, -0.2) is 9.59 Å². The number of carbonyl (C=O) groups is 5. The Morgan fingerprint density at radius 1 is 0.982 bits per heavy atom. The summed E-state index contributed by atoms with van der Waals surface area (Å²) in [6.07, 6.45) is -10.2. The van der Waals surface area contributed by atoms with Crippen LogP contribution in [0.1, 0.15) is 82.8 Å². The van der Waals surface area contributed by atoms with Crippen LogP contribution < -0.4 is 5.32 Å². The third-order valence-corrected chi connectivity index (χ3v) is 12.5. The molecule has 3 fully saturated rings. The molecule has 1 amide bonds. The van der Waals surface area contributed by atoms with E-state index in [-0.39, 0.29) is 36.2 Å². The predicted molar refractivity (Wildman–Crippen MR) is 193 cm³/mol. The van der Waals surface area contributed by atoms with Crippen molar-refractivity contribution in [2.75, 3.05) is 6.61 Å². The summed E-state index contributed by atoms with van der Waals surface area (Å²) in [4.78, 5) is 68.2. The van der Waals surface area contributed by atoms with Gasteiger partial charge in [0.2, 0.25) is 5.91 Å². The van der Waals surface area contributed by atoms with Crippen molar-refractivity contribution >= 4 is 29.6 Å². The Morgan fingerprint density at radius 3 is 2.16 bits per heavy atom. The van der Waals surface area contributed by atoms with Crippen molar-refractivity contribution in [3.63, 3.8) is 0 Å². The van der Waals surface area contributed by atoms with Gasteiger partial charge in [-0.15, -0.1) is 0 Å². The molecule has 11 atom stereocenters. The molecule has 296 valence electrons. The van der Waals surface area contributed by atoms with E-state index >= 15 is 0 Å². The van der Waals surface area contributed by atoms with Crippen LogP contribution in [-0.4, -0.2) is 104 Å². The first-order valence-electron chi connectivity index (χ1n) is 18.5. The molecule has 5 N–H and O–H groups in total. The fourth-order valence-electron chi connectivity index (χ4n) is 9.40. The molecule has 2 aromatic rings. The number of rotatable bonds is 9. The topological polar surface area (TPSA) is 215 Å². The number of aliphatic hydroxyl groups excluding tert-OH is 3. The summed E-state index contributed by atoms with van der Waals surface area (Å²) < 4.78 is 24.1. The molecular formula is C41H49NO13. The van der Waals surface area contributed by atoms with E-state index in [0.29, 0.717) is 5.56 Å². The van der Waals surface area contributed by atoms with Gasteiger partial charge >= 0.3 is 17.9 Å². The molecule has 14 heteroatoms. The van der Waals surface area contributed by atoms with Gasteiger partial charge in [0.15, 0.2) is 17.5 Å². The smallest absolute Gasteiger partial charge is 0.338 e. The van der Waals surface area contributed by atoms with E-state index in [2.05, 4.69) is 5.32 Å². The molecule has 1 saturated heterocycles. The number of hydrogen-bond acceptors (Lipinski definition) is 13. The Kier molecular flexibility index (Phi) is 10.6. The largest absolute Gasteiger partial charge is 0.456 e. The molecule has 0 radical (unpaired) electrons. The van der Waals surface area contributed by atoms with Gasteiger partial charge < -0.3 is 44.7 Å². The Balaban J connectivity index is 1.51. The van der Waals surface area contributed by atoms with Gasteiger partial charge in [0.05, 0.1) is 35.6 Å². The first-order chi connectivity index (χ1) is 25.8. The van der Waals surface area contributed by atoms with Crippen LogP contribution in [0.4, 0.5) is 0 Å². The van der Waals surface area contributed by atoms with Gasteiger partial charge in [-0.2, -0.15) is 0 Å². The number of hydrogen-bond donors (Lipinski definition) is 5. The van der Waals surface area contributed by atoms with Crippen LogP contribution in [0.5, 0.6) is 0 Å². The zero-order valence-corrected chi connectivity index (χ0v) is 31.7. The summed E-state index contributed by atoms with van der Waals surface area (Å²) in [7, 11) is 0. The lowest BCUT2D eigenvalue weighted by Gasteiger charge is -2.67. The number of nitrogens with one attached hydrogen (secondary N) is 1. The number of ether oxygens (including phenoxy) is 4. The van der Waals surface area contributed by atoms with Crippen LogP contribution in [0, 0.1) is 16.7 Å². The first-order valence-corrected chi connectivity index (χ1v) is 18.5. The van der Waals surface area contributed by atoms with Crippen molar-refractivity contribution in [3.8, 4) is 0 Å². The number of fused-ring (bicyclic) bond motifs is 5. The van der Waals surface area contributed by atoms with E-state index in [9.17, 15) is 44.4 Å². The maximum atomic E-state index is 14.9. The number of carbonyl (C=O) groups excluding carboxylic acids is 5. The Morgan fingerprint density at radius 2 is 1.60 bits per heavy atom. The third kappa shape index (κ3) is 6.37. The summed E-state index contributed by atoms with van der Waals surface area (Å²) in [5.41, 5.74) is -6.99. The molecule has 0 aromatic heterocycles. The van der Waals surface area contributed by atoms with Crippen molar-refractivity contribution in [2.24, 2.45) is 16.7 Å². The fraction of sp³-hybridized carbons (Fsp3) is 0.537. The first kappa shape index (κ1) is 40.2. The molecular weight excluding hydrogens is 714 g/mol. The van der Waals surface area contributed by atoms with Crippen molar-refractivity contribution in [1.29, 1.82) is 0 Å². The number of amides is 1. The zero-order valence-electron chi connectivity index (χ0n) is 31.7. The maximum Gasteiger partial charge on any atom is 0.338 e. The standard InChI is InChI=1S/C41H49NO13/c1-7-28(45)42-30(23-14-10-8-11-15-23)32(47)37(50)53-25-19-41(51)35(54-36(49)24-16-12-9-13-17-24)33-39(6,34(48)31(46)29(21(25)2)38(41,4)5)26(44)18-27-40(33,20-52-27)55-22(3)43/h8-17,25-27,30-33,35,44,46-47,51H,7,18-20H2,1-6H3,(H,42,45)/t25-,26+,27+,30-,31+,32+,33-,35-,39+,40-,41+/m0/s1. The normalized spacial score (nSPS) is 34.6. The summed E-state index contributed by atoms with van der Waals surface area (Å²) >= 11 is 0. The number of ketones is 1. The van der Waals surface area contributed by atoms with Gasteiger partial charge in [0.25, 0.3) is 0 Å². The SMILES string of the molecule is CCC(=O)N[C@@H](c1ccccc1)[C@@H](O)C(=O)O[C@H]1C[C@@]2(O)[C@@H](OC(=O)c3ccccc3)[C@@H]3[C@]4(OC(C)=O)CO[C@@H]4C[C@@H](O)[C@@]3(C)C(=O)[C@H](O)C(=C1C)C2(C)C. The van der Waals surface area contributed by atoms with Gasteiger partial charge in [-0.05, 0) is 42.7 Å². The molecule has 2 bridgehead atoms. The lowest BCUT2D eigenvalue weighted by Crippen LogP contribution is -2.81. The lowest BCUT2D eigenvalue weighted by molar-refractivity contribution is -0.346. The monoisotopic (exact) mass is 763 g/mol. The van der Waals surface area contributed by atoms with Crippen LogP contribution in [0.2, 0.25) is 0 Å². The maximum absolute atomic E-state index is 14.9. The molecule has 1 aliphatic heterocycles. The van der Waals surface area contributed by atoms with Crippen LogP contribution in [0.25, 0.3) is 0 Å². The fourth-order valence-corrected chi connectivity index (χ4v) is 9.40. The van der Waals surface area contributed by atoms with E-state index in [1.807, 2.05) is 0 Å². The zero-order chi connectivity index (χ0) is 40.2. The van der Waals surface area contributed by atoms with E-state index in [1.165, 1.54) is 26.0 Å². The van der Waals surface area contributed by atoms with E-state index in [4.69, 9.17) is 18.9 Å². The van der Waals surface area contributed by atoms with Crippen molar-refractivity contribution < 1.29 is 63.3 Å². The Hall–Kier alpha value is -4.47. The second kappa shape index (κ2) is 14.6. The third-order valence-electron chi connectivity index (χ3n) is 12.5. The van der Waals surface area contributed by atoms with E-state index in [1.54, 1.807) is 69.3 Å². The van der Waals surface area contributed by atoms with Crippen molar-refractivity contribution in [3.05, 3.63) is 82.9 Å². The number of esters is 3. The van der Waals surface area contributed by atoms with Crippen LogP contribution in [0.3, 0.4) is 0 Å². The number of benzene rings is 2. The molecule has 1 heterocycles. The Bertz CT molecular complexity index is 1880. The van der Waals surface area contributed by atoms with Crippen LogP contribution >= 0.6 is 0 Å². The molecule has 3 aliphatic carbocycles. The summed E-state index contributed by atoms with van der Waals surface area (Å²) in [5.74, 6) is -5.70. The minimum Gasteiger partial charge on any atom is -0.456 e. The molecule has 2 saturated carbocycles. The summed E-state index contributed by atoms with van der Waals surface area (Å²) in [5, 5.41) is 51.4. The second-order valence-corrected chi connectivity index (χ2v) is 15.8. The molecule has 2 aromatic carbocycles.